The summed E-state index contributed by atoms with van der Waals surface area (Å²) < 4.78 is 23.5. The van der Waals surface area contributed by atoms with Crippen LogP contribution in [-0.4, -0.2) is 105 Å². The summed E-state index contributed by atoms with van der Waals surface area (Å²) in [5, 5.41) is 10.5. The van der Waals surface area contributed by atoms with Gasteiger partial charge in [0.2, 0.25) is 0 Å². The van der Waals surface area contributed by atoms with E-state index in [1.165, 1.54) is 0 Å². The summed E-state index contributed by atoms with van der Waals surface area (Å²) in [5.74, 6) is 4.48. The molecule has 0 fully saturated rings. The molecule has 13 heteroatoms. The molecule has 0 radical (unpaired) electrons. The van der Waals surface area contributed by atoms with E-state index in [1.54, 1.807) is 48.3 Å². The highest BCUT2D eigenvalue weighted by Crippen LogP contribution is 2.32. The van der Waals surface area contributed by atoms with E-state index in [2.05, 4.69) is 68.5 Å². The molecule has 5 aromatic heterocycles. The van der Waals surface area contributed by atoms with Crippen LogP contribution < -0.4 is 9.47 Å². The Hall–Kier alpha value is -6.48. The van der Waals surface area contributed by atoms with Crippen LogP contribution in [0.15, 0.2) is 169 Å². The zero-order valence-electron chi connectivity index (χ0n) is 37.1. The number of allylic oxidation sites excluding steroid dienone is 3. The number of aliphatic imine (C=N–C) groups is 1. The number of hydrogen-bond acceptors (Lipinski definition) is 13. The molecule has 6 heterocycles. The second-order valence-corrected chi connectivity index (χ2v) is 17.5. The summed E-state index contributed by atoms with van der Waals surface area (Å²) in [6.45, 7) is 3.06. The minimum absolute atomic E-state index is 0.386. The minimum Gasteiger partial charge on any atom is -0.491 e. The van der Waals surface area contributed by atoms with Crippen molar-refractivity contribution >= 4 is 35.4 Å². The van der Waals surface area contributed by atoms with E-state index in [0.717, 1.165) is 97.2 Å². The van der Waals surface area contributed by atoms with Crippen LogP contribution in [0.25, 0.3) is 62.1 Å². The highest BCUT2D eigenvalue weighted by molar-refractivity contribution is 8.00. The molecule has 11 nitrogen and oxygen atoms in total. The maximum Gasteiger partial charge on any atom is 0.119 e. The lowest BCUT2D eigenvalue weighted by Crippen LogP contribution is -2.16. The van der Waals surface area contributed by atoms with Gasteiger partial charge < -0.3 is 24.1 Å². The number of aliphatic hydroxyl groups excluding tert-OH is 1. The average molecular weight is 929 g/mol. The van der Waals surface area contributed by atoms with Gasteiger partial charge in [-0.25, -0.2) is 9.97 Å². The number of ether oxygens (including phenoxy) is 4. The molecule has 0 bridgehead atoms. The van der Waals surface area contributed by atoms with Gasteiger partial charge in [0.1, 0.15) is 24.7 Å². The Labute approximate surface area is 400 Å². The van der Waals surface area contributed by atoms with Gasteiger partial charge in [-0.05, 0) is 120 Å². The van der Waals surface area contributed by atoms with E-state index in [9.17, 15) is 5.11 Å². The quantitative estimate of drug-likeness (QED) is 0.0578. The normalized spacial score (nSPS) is 12.6. The first-order valence-electron chi connectivity index (χ1n) is 22.3. The van der Waals surface area contributed by atoms with Gasteiger partial charge in [-0.3, -0.25) is 19.9 Å². The van der Waals surface area contributed by atoms with E-state index in [1.807, 2.05) is 97.1 Å². The van der Waals surface area contributed by atoms with Crippen LogP contribution in [0.5, 0.6) is 11.5 Å². The highest BCUT2D eigenvalue weighted by atomic mass is 32.2. The number of thioether (sulfide) groups is 2. The van der Waals surface area contributed by atoms with Crippen molar-refractivity contribution in [2.24, 2.45) is 4.99 Å². The van der Waals surface area contributed by atoms with Gasteiger partial charge in [0, 0.05) is 47.8 Å². The summed E-state index contributed by atoms with van der Waals surface area (Å²) in [7, 11) is 0. The molecule has 340 valence electrons. The minimum atomic E-state index is -0.386. The third kappa shape index (κ3) is 14.5. The zero-order valence-corrected chi connectivity index (χ0v) is 38.7. The number of aromatic nitrogens is 5. The topological polar surface area (TPSA) is 134 Å². The van der Waals surface area contributed by atoms with Crippen molar-refractivity contribution in [3.8, 4) is 67.9 Å². The molecular formula is C54H52N6O5S2. The highest BCUT2D eigenvalue weighted by Gasteiger charge is 2.13. The molecule has 0 saturated heterocycles. The van der Waals surface area contributed by atoms with Crippen LogP contribution in [0.1, 0.15) is 12.1 Å². The molecule has 7 aromatic rings. The lowest BCUT2D eigenvalue weighted by molar-refractivity contribution is 0.112. The number of benzene rings is 2. The number of pyridine rings is 5. The third-order valence-corrected chi connectivity index (χ3v) is 12.5. The van der Waals surface area contributed by atoms with Gasteiger partial charge in [0.15, 0.2) is 0 Å². The second-order valence-electron chi connectivity index (χ2n) is 15.2. The van der Waals surface area contributed by atoms with E-state index in [0.29, 0.717) is 51.1 Å². The molecule has 67 heavy (non-hydrogen) atoms. The molecule has 2 aromatic carbocycles. The van der Waals surface area contributed by atoms with Gasteiger partial charge in [-0.15, -0.1) is 0 Å². The van der Waals surface area contributed by atoms with Crippen molar-refractivity contribution in [2.45, 2.75) is 12.5 Å². The molecule has 8 rings (SSSR count). The van der Waals surface area contributed by atoms with Crippen LogP contribution in [-0.2, 0) is 9.47 Å². The van der Waals surface area contributed by atoms with E-state index < -0.39 is 0 Å². The summed E-state index contributed by atoms with van der Waals surface area (Å²) in [5.41, 5.74) is 10.5. The molecular weight excluding hydrogens is 877 g/mol. The van der Waals surface area contributed by atoms with Crippen LogP contribution in [0.2, 0.25) is 0 Å². The Bertz CT molecular complexity index is 2630. The molecule has 1 atom stereocenters. The van der Waals surface area contributed by atoms with Crippen molar-refractivity contribution in [3.05, 3.63) is 170 Å². The summed E-state index contributed by atoms with van der Waals surface area (Å²) >= 11 is 3.38. The zero-order chi connectivity index (χ0) is 45.7. The monoisotopic (exact) mass is 928 g/mol. The molecule has 0 saturated carbocycles. The van der Waals surface area contributed by atoms with Crippen LogP contribution in [0.3, 0.4) is 0 Å². The lowest BCUT2D eigenvalue weighted by atomic mass is 10.0. The van der Waals surface area contributed by atoms with Crippen LogP contribution in [0, 0.1) is 0 Å². The molecule has 0 spiro atoms. The second kappa shape index (κ2) is 25.4. The van der Waals surface area contributed by atoms with Gasteiger partial charge in [-0.2, -0.15) is 23.5 Å². The van der Waals surface area contributed by atoms with E-state index in [4.69, 9.17) is 28.9 Å². The predicted octanol–water partition coefficient (Wildman–Crippen LogP) is 10.7. The molecule has 0 aliphatic carbocycles. The Kier molecular flexibility index (Phi) is 17.9. The Balaban J connectivity index is 0.667. The summed E-state index contributed by atoms with van der Waals surface area (Å²) in [4.78, 5) is 28.0. The Morgan fingerprint density at radius 2 is 0.955 bits per heavy atom. The Morgan fingerprint density at radius 3 is 1.42 bits per heavy atom. The maximum absolute atomic E-state index is 10.5. The Morgan fingerprint density at radius 1 is 0.493 bits per heavy atom. The average Bonchev–Trinajstić information content (AvgIpc) is 3.69. The third-order valence-electron chi connectivity index (χ3n) is 10.3. The van der Waals surface area contributed by atoms with Gasteiger partial charge in [-0.1, -0.05) is 54.6 Å². The summed E-state index contributed by atoms with van der Waals surface area (Å²) in [6, 6.07) is 41.8. The molecule has 1 unspecified atom stereocenters. The molecule has 1 aliphatic rings. The number of nitrogens with zero attached hydrogens (tertiary/aromatic N) is 6. The van der Waals surface area contributed by atoms with Crippen LogP contribution in [0.4, 0.5) is 0 Å². The largest absolute Gasteiger partial charge is 0.491 e. The van der Waals surface area contributed by atoms with Crippen molar-refractivity contribution in [1.29, 1.82) is 0 Å². The van der Waals surface area contributed by atoms with E-state index in [-0.39, 0.29) is 6.10 Å². The number of hydrogen-bond donors (Lipinski definition) is 1. The fourth-order valence-corrected chi connectivity index (χ4v) is 8.71. The first-order valence-corrected chi connectivity index (χ1v) is 24.6. The number of aliphatic hydroxyl groups is 1. The standard InChI is InChI=1S/C54H52N6O5S2/c61-44(39-67-33-31-63-27-29-65-46-20-16-41(17-21-46)43-36-53(49-12-4-8-24-57-49)60-54(37-43)50-13-5-9-25-58-50)38-66-32-30-62-26-28-64-45-18-14-40(15-19-45)42-34-51(47-10-2-1-6-22-55-47)59-52(35-42)48-11-3-7-23-56-48/h1,3-25,34-37,44,61H,2,26-33,38-39H2. The fraction of sp³-hybridized carbons (Fsp3) is 0.222. The van der Waals surface area contributed by atoms with Crippen molar-refractivity contribution in [2.75, 3.05) is 62.7 Å². The number of rotatable bonds is 24. The first-order chi connectivity index (χ1) is 33.1. The van der Waals surface area contributed by atoms with E-state index >= 15 is 0 Å². The first kappa shape index (κ1) is 47.0. The van der Waals surface area contributed by atoms with Crippen molar-refractivity contribution < 1.29 is 24.1 Å². The van der Waals surface area contributed by atoms with Gasteiger partial charge >= 0.3 is 0 Å². The van der Waals surface area contributed by atoms with Gasteiger partial charge in [0.05, 0.1) is 78.1 Å². The van der Waals surface area contributed by atoms with Crippen molar-refractivity contribution in [3.63, 3.8) is 0 Å². The smallest absolute Gasteiger partial charge is 0.119 e. The van der Waals surface area contributed by atoms with Gasteiger partial charge in [0.25, 0.3) is 0 Å². The summed E-state index contributed by atoms with van der Waals surface area (Å²) in [6.07, 6.45) is 13.6. The molecule has 1 aliphatic heterocycles. The molecule has 1 N–H and O–H groups in total. The molecule has 0 amide bonds. The SMILES string of the molecule is OC(CSCCOCCOc1ccc(-c2cc(C3=CCC=CC=N3)nc(-c3ccccn3)c2)cc1)CSCCOCCOc1ccc(-c2cc(-c3ccccn3)nc(-c3ccccn3)c2)cc1. The van der Waals surface area contributed by atoms with Crippen molar-refractivity contribution in [1.82, 2.24) is 24.9 Å². The maximum atomic E-state index is 10.5. The fourth-order valence-electron chi connectivity index (χ4n) is 6.98. The predicted molar refractivity (Wildman–Crippen MR) is 273 cm³/mol. The lowest BCUT2D eigenvalue weighted by Gasteiger charge is -2.12. The van der Waals surface area contributed by atoms with Crippen LogP contribution >= 0.6 is 23.5 Å².